The molecule has 0 bridgehead atoms. The highest BCUT2D eigenvalue weighted by Crippen LogP contribution is 2.25. The molecule has 2 N–H and O–H groups in total. The van der Waals surface area contributed by atoms with Gasteiger partial charge in [-0.15, -0.1) is 0 Å². The van der Waals surface area contributed by atoms with Crippen molar-refractivity contribution in [3.63, 3.8) is 0 Å². The van der Waals surface area contributed by atoms with Gasteiger partial charge in [0.1, 0.15) is 5.75 Å². The number of aryl methyl sites for hydroxylation is 2. The summed E-state index contributed by atoms with van der Waals surface area (Å²) in [4.78, 5) is 0. The Morgan fingerprint density at radius 2 is 1.95 bits per heavy atom. The monoisotopic (exact) mass is 259 g/mol. The number of aromatic hydroxyl groups is 1. The van der Waals surface area contributed by atoms with Crippen LogP contribution in [0.1, 0.15) is 37.6 Å². The third-order valence-corrected chi connectivity index (χ3v) is 3.27. The van der Waals surface area contributed by atoms with Gasteiger partial charge >= 0.3 is 0 Å². The molecule has 19 heavy (non-hydrogen) atoms. The van der Waals surface area contributed by atoms with E-state index in [1.165, 1.54) is 5.56 Å². The van der Waals surface area contributed by atoms with Crippen LogP contribution in [0.4, 0.5) is 5.69 Å². The van der Waals surface area contributed by atoms with Gasteiger partial charge in [-0.1, -0.05) is 26.0 Å². The Morgan fingerprint density at radius 3 is 2.53 bits per heavy atom. The van der Waals surface area contributed by atoms with E-state index < -0.39 is 0 Å². The summed E-state index contributed by atoms with van der Waals surface area (Å²) >= 11 is 0. The number of hydrogen-bond donors (Lipinski definition) is 2. The SMILES string of the molecule is CCc1nn(C)cc1NC(CC)c1ccc(O)cc1. The molecule has 1 heterocycles. The molecule has 0 saturated carbocycles. The second-order valence-corrected chi connectivity index (χ2v) is 4.71. The summed E-state index contributed by atoms with van der Waals surface area (Å²) in [6, 6.07) is 7.60. The molecule has 0 radical (unpaired) electrons. The van der Waals surface area contributed by atoms with Crippen LogP contribution in [0, 0.1) is 0 Å². The Labute approximate surface area is 114 Å². The number of phenolic OH excluding ortho intramolecular Hbond substituents is 1. The standard InChI is InChI=1S/C15H21N3O/c1-4-13(11-6-8-12(19)9-7-11)16-15-10-18(3)17-14(15)5-2/h6-10,13,16,19H,4-5H2,1-3H3. The van der Waals surface area contributed by atoms with Crippen LogP contribution >= 0.6 is 0 Å². The smallest absolute Gasteiger partial charge is 0.115 e. The van der Waals surface area contributed by atoms with E-state index in [1.54, 1.807) is 12.1 Å². The second kappa shape index (κ2) is 5.78. The number of hydrogen-bond acceptors (Lipinski definition) is 3. The van der Waals surface area contributed by atoms with Crippen molar-refractivity contribution in [2.75, 3.05) is 5.32 Å². The van der Waals surface area contributed by atoms with Gasteiger partial charge in [-0.2, -0.15) is 5.10 Å². The molecule has 1 atom stereocenters. The zero-order chi connectivity index (χ0) is 13.8. The highest BCUT2D eigenvalue weighted by atomic mass is 16.3. The van der Waals surface area contributed by atoms with Crippen molar-refractivity contribution in [1.82, 2.24) is 9.78 Å². The highest BCUT2D eigenvalue weighted by molar-refractivity contribution is 5.48. The molecule has 0 aliphatic carbocycles. The normalized spacial score (nSPS) is 12.4. The molecule has 2 aromatic rings. The van der Waals surface area contributed by atoms with Crippen LogP contribution in [0.2, 0.25) is 0 Å². The molecule has 102 valence electrons. The summed E-state index contributed by atoms with van der Waals surface area (Å²) in [5, 5.41) is 17.3. The first-order valence-corrected chi connectivity index (χ1v) is 6.72. The Hall–Kier alpha value is -1.97. The van der Waals surface area contributed by atoms with Crippen molar-refractivity contribution < 1.29 is 5.11 Å². The first kappa shape index (κ1) is 13.5. The summed E-state index contributed by atoms with van der Waals surface area (Å²) in [7, 11) is 1.94. The number of benzene rings is 1. The van der Waals surface area contributed by atoms with E-state index in [9.17, 15) is 5.11 Å². The van der Waals surface area contributed by atoms with E-state index >= 15 is 0 Å². The lowest BCUT2D eigenvalue weighted by Crippen LogP contribution is -2.10. The molecule has 0 spiro atoms. The molecule has 1 aromatic heterocycles. The summed E-state index contributed by atoms with van der Waals surface area (Å²) < 4.78 is 1.84. The first-order chi connectivity index (χ1) is 9.13. The Balaban J connectivity index is 2.21. The van der Waals surface area contributed by atoms with Gasteiger partial charge in [0.05, 0.1) is 17.4 Å². The molecular formula is C15H21N3O. The van der Waals surface area contributed by atoms with Gasteiger partial charge in [-0.3, -0.25) is 4.68 Å². The molecule has 0 fully saturated rings. The maximum atomic E-state index is 9.35. The van der Waals surface area contributed by atoms with Crippen LogP contribution < -0.4 is 5.32 Å². The number of phenols is 1. The topological polar surface area (TPSA) is 50.1 Å². The maximum absolute atomic E-state index is 9.35. The van der Waals surface area contributed by atoms with Crippen molar-refractivity contribution in [2.45, 2.75) is 32.7 Å². The predicted octanol–water partition coefficient (Wildman–Crippen LogP) is 3.25. The van der Waals surface area contributed by atoms with Gasteiger partial charge < -0.3 is 10.4 Å². The molecule has 4 heteroatoms. The Kier molecular flexibility index (Phi) is 4.10. The fourth-order valence-electron chi connectivity index (χ4n) is 2.23. The van der Waals surface area contributed by atoms with Crippen molar-refractivity contribution in [3.8, 4) is 5.75 Å². The van der Waals surface area contributed by atoms with Crippen molar-refractivity contribution in [3.05, 3.63) is 41.7 Å². The number of nitrogens with one attached hydrogen (secondary N) is 1. The second-order valence-electron chi connectivity index (χ2n) is 4.71. The average molecular weight is 259 g/mol. The number of anilines is 1. The minimum absolute atomic E-state index is 0.232. The first-order valence-electron chi connectivity index (χ1n) is 6.72. The third-order valence-electron chi connectivity index (χ3n) is 3.27. The quantitative estimate of drug-likeness (QED) is 0.866. The van der Waals surface area contributed by atoms with Gasteiger partial charge in [0.15, 0.2) is 0 Å². The van der Waals surface area contributed by atoms with E-state index in [-0.39, 0.29) is 6.04 Å². The van der Waals surface area contributed by atoms with Crippen LogP contribution in [-0.4, -0.2) is 14.9 Å². The van der Waals surface area contributed by atoms with Gasteiger partial charge in [-0.25, -0.2) is 0 Å². The summed E-state index contributed by atoms with van der Waals surface area (Å²) in [6.07, 6.45) is 3.90. The largest absolute Gasteiger partial charge is 0.508 e. The van der Waals surface area contributed by atoms with Gasteiger partial charge in [0.25, 0.3) is 0 Å². The van der Waals surface area contributed by atoms with Crippen LogP contribution in [0.3, 0.4) is 0 Å². The van der Waals surface area contributed by atoms with Crippen molar-refractivity contribution in [1.29, 1.82) is 0 Å². The van der Waals surface area contributed by atoms with Gasteiger partial charge in [0, 0.05) is 13.2 Å². The Morgan fingerprint density at radius 1 is 1.26 bits per heavy atom. The molecule has 0 amide bonds. The summed E-state index contributed by atoms with van der Waals surface area (Å²) in [5.41, 5.74) is 3.34. The lowest BCUT2D eigenvalue weighted by Gasteiger charge is -2.18. The van der Waals surface area contributed by atoms with Crippen molar-refractivity contribution in [2.24, 2.45) is 7.05 Å². The van der Waals surface area contributed by atoms with Crippen LogP contribution in [-0.2, 0) is 13.5 Å². The lowest BCUT2D eigenvalue weighted by molar-refractivity contribution is 0.475. The van der Waals surface area contributed by atoms with E-state index in [2.05, 4.69) is 24.3 Å². The number of nitrogens with zero attached hydrogens (tertiary/aromatic N) is 2. The van der Waals surface area contributed by atoms with Crippen LogP contribution in [0.25, 0.3) is 0 Å². The highest BCUT2D eigenvalue weighted by Gasteiger charge is 2.13. The summed E-state index contributed by atoms with van der Waals surface area (Å²) in [6.45, 7) is 4.25. The van der Waals surface area contributed by atoms with E-state index in [0.717, 1.165) is 24.2 Å². The van der Waals surface area contributed by atoms with E-state index in [4.69, 9.17) is 0 Å². The molecule has 4 nitrogen and oxygen atoms in total. The molecule has 0 saturated heterocycles. The zero-order valence-electron chi connectivity index (χ0n) is 11.7. The van der Waals surface area contributed by atoms with Gasteiger partial charge in [-0.05, 0) is 30.5 Å². The minimum atomic E-state index is 0.232. The predicted molar refractivity (Wildman–Crippen MR) is 77.3 cm³/mol. The molecule has 2 rings (SSSR count). The minimum Gasteiger partial charge on any atom is -0.508 e. The molecule has 0 aliphatic rings. The Bertz CT molecular complexity index is 531. The van der Waals surface area contributed by atoms with E-state index in [1.807, 2.05) is 30.1 Å². The fourth-order valence-corrected chi connectivity index (χ4v) is 2.23. The molecule has 1 aromatic carbocycles. The molecule has 1 unspecified atom stereocenters. The molecular weight excluding hydrogens is 238 g/mol. The lowest BCUT2D eigenvalue weighted by atomic mass is 10.0. The fraction of sp³-hybridized carbons (Fsp3) is 0.400. The van der Waals surface area contributed by atoms with Crippen molar-refractivity contribution >= 4 is 5.69 Å². The van der Waals surface area contributed by atoms with E-state index in [0.29, 0.717) is 5.75 Å². The number of rotatable bonds is 5. The van der Waals surface area contributed by atoms with Gasteiger partial charge in [0.2, 0.25) is 0 Å². The summed E-state index contributed by atoms with van der Waals surface area (Å²) in [5.74, 6) is 0.300. The maximum Gasteiger partial charge on any atom is 0.115 e. The molecule has 0 aliphatic heterocycles. The third kappa shape index (κ3) is 3.08. The van der Waals surface area contributed by atoms with Crippen LogP contribution in [0.5, 0.6) is 5.75 Å². The average Bonchev–Trinajstić information content (AvgIpc) is 2.77. The zero-order valence-corrected chi connectivity index (χ0v) is 11.7. The van der Waals surface area contributed by atoms with Crippen LogP contribution in [0.15, 0.2) is 30.5 Å². The number of aromatic nitrogens is 2.